The second kappa shape index (κ2) is 5.94. The molecule has 0 saturated carbocycles. The van der Waals surface area contributed by atoms with Gasteiger partial charge >= 0.3 is 6.18 Å². The van der Waals surface area contributed by atoms with Gasteiger partial charge in [-0.1, -0.05) is 32.9 Å². The van der Waals surface area contributed by atoms with E-state index in [-0.39, 0.29) is 6.54 Å². The van der Waals surface area contributed by atoms with Crippen LogP contribution >= 0.6 is 0 Å². The largest absolute Gasteiger partial charge is 0.417 e. The molecular formula is C13H18F3NO3S. The van der Waals surface area contributed by atoms with Crippen molar-refractivity contribution >= 4 is 10.0 Å². The molecule has 8 heteroatoms. The monoisotopic (exact) mass is 325 g/mol. The second-order valence-corrected chi connectivity index (χ2v) is 7.46. The topological polar surface area (TPSA) is 66.4 Å². The molecule has 2 N–H and O–H groups in total. The fourth-order valence-corrected chi connectivity index (χ4v) is 2.77. The van der Waals surface area contributed by atoms with E-state index < -0.39 is 38.2 Å². The molecule has 0 amide bonds. The van der Waals surface area contributed by atoms with Crippen molar-refractivity contribution in [1.29, 1.82) is 0 Å². The summed E-state index contributed by atoms with van der Waals surface area (Å²) >= 11 is 0. The Morgan fingerprint density at radius 3 is 2.19 bits per heavy atom. The van der Waals surface area contributed by atoms with Gasteiger partial charge in [0, 0.05) is 6.54 Å². The highest BCUT2D eigenvalue weighted by molar-refractivity contribution is 7.89. The van der Waals surface area contributed by atoms with Crippen molar-refractivity contribution in [2.24, 2.45) is 5.41 Å². The third-order valence-corrected chi connectivity index (χ3v) is 4.43. The number of sulfonamides is 1. The van der Waals surface area contributed by atoms with Crippen LogP contribution in [0.4, 0.5) is 13.2 Å². The van der Waals surface area contributed by atoms with E-state index in [0.29, 0.717) is 6.07 Å². The first-order valence-electron chi connectivity index (χ1n) is 6.19. The highest BCUT2D eigenvalue weighted by Gasteiger charge is 2.37. The van der Waals surface area contributed by atoms with E-state index in [4.69, 9.17) is 0 Å². The third kappa shape index (κ3) is 4.69. The maximum absolute atomic E-state index is 12.8. The summed E-state index contributed by atoms with van der Waals surface area (Å²) in [5.41, 5.74) is -1.82. The molecule has 1 rings (SSSR count). The van der Waals surface area contributed by atoms with Crippen LogP contribution in [0.15, 0.2) is 29.2 Å². The molecule has 0 heterocycles. The standard InChI is InChI=1S/C13H18F3NO3S/c1-12(2,3)11(18)8-17-21(19,20)10-7-5-4-6-9(10)13(14,15)16/h4-7,11,17-18H,8H2,1-3H3. The summed E-state index contributed by atoms with van der Waals surface area (Å²) < 4.78 is 64.5. The van der Waals surface area contributed by atoms with Crippen LogP contribution in [0, 0.1) is 5.41 Å². The summed E-state index contributed by atoms with van der Waals surface area (Å²) in [5, 5.41) is 9.78. The van der Waals surface area contributed by atoms with Crippen LogP contribution in [0.1, 0.15) is 26.3 Å². The van der Waals surface area contributed by atoms with Crippen LogP contribution in [0.2, 0.25) is 0 Å². The van der Waals surface area contributed by atoms with E-state index in [0.717, 1.165) is 12.1 Å². The maximum atomic E-state index is 12.8. The Labute approximate surface area is 122 Å². The Morgan fingerprint density at radius 1 is 1.19 bits per heavy atom. The number of benzene rings is 1. The van der Waals surface area contributed by atoms with Crippen LogP contribution in [0.25, 0.3) is 0 Å². The maximum Gasteiger partial charge on any atom is 0.417 e. The van der Waals surface area contributed by atoms with Gasteiger partial charge in [-0.2, -0.15) is 13.2 Å². The lowest BCUT2D eigenvalue weighted by atomic mass is 9.89. The smallest absolute Gasteiger partial charge is 0.391 e. The molecule has 0 aliphatic heterocycles. The average Bonchev–Trinajstić information content (AvgIpc) is 2.34. The van der Waals surface area contributed by atoms with Crippen LogP contribution in [0.3, 0.4) is 0 Å². The molecule has 4 nitrogen and oxygen atoms in total. The molecule has 21 heavy (non-hydrogen) atoms. The molecule has 1 aromatic rings. The van der Waals surface area contributed by atoms with Crippen LogP contribution in [-0.4, -0.2) is 26.2 Å². The van der Waals surface area contributed by atoms with Crippen molar-refractivity contribution in [1.82, 2.24) is 4.72 Å². The zero-order valence-corrected chi connectivity index (χ0v) is 12.7. The van der Waals surface area contributed by atoms with E-state index in [9.17, 15) is 26.7 Å². The van der Waals surface area contributed by atoms with Gasteiger partial charge in [0.15, 0.2) is 0 Å². The first-order valence-corrected chi connectivity index (χ1v) is 7.68. The summed E-state index contributed by atoms with van der Waals surface area (Å²) in [6.45, 7) is 4.71. The lowest BCUT2D eigenvalue weighted by Crippen LogP contribution is -2.39. The Morgan fingerprint density at radius 2 is 1.71 bits per heavy atom. The number of nitrogens with one attached hydrogen (secondary N) is 1. The Kier molecular flexibility index (Phi) is 5.07. The van der Waals surface area contributed by atoms with Crippen molar-refractivity contribution in [2.45, 2.75) is 37.9 Å². The summed E-state index contributed by atoms with van der Waals surface area (Å²) in [4.78, 5) is -0.849. The lowest BCUT2D eigenvalue weighted by Gasteiger charge is -2.26. The van der Waals surface area contributed by atoms with Gasteiger partial charge in [-0.3, -0.25) is 0 Å². The molecule has 1 unspecified atom stereocenters. The number of hydrogen-bond donors (Lipinski definition) is 2. The van der Waals surface area contributed by atoms with Gasteiger partial charge in [-0.05, 0) is 17.5 Å². The number of halogens is 3. The summed E-state index contributed by atoms with van der Waals surface area (Å²) in [5.74, 6) is 0. The SMILES string of the molecule is CC(C)(C)C(O)CNS(=O)(=O)c1ccccc1C(F)(F)F. The molecule has 0 aliphatic carbocycles. The number of aliphatic hydroxyl groups is 1. The predicted molar refractivity (Wildman–Crippen MR) is 72.1 cm³/mol. The van der Waals surface area contributed by atoms with Crippen molar-refractivity contribution < 1.29 is 26.7 Å². The van der Waals surface area contributed by atoms with E-state index in [1.54, 1.807) is 20.8 Å². The summed E-state index contributed by atoms with van der Waals surface area (Å²) in [6, 6.07) is 3.92. The van der Waals surface area contributed by atoms with E-state index in [2.05, 4.69) is 0 Å². The molecule has 0 saturated heterocycles. The fraction of sp³-hybridized carbons (Fsp3) is 0.538. The van der Waals surface area contributed by atoms with E-state index in [1.807, 2.05) is 4.72 Å². The molecule has 0 aliphatic rings. The second-order valence-electron chi connectivity index (χ2n) is 5.73. The number of aliphatic hydroxyl groups excluding tert-OH is 1. The molecule has 0 spiro atoms. The number of alkyl halides is 3. The molecule has 0 radical (unpaired) electrons. The highest BCUT2D eigenvalue weighted by Crippen LogP contribution is 2.33. The molecule has 120 valence electrons. The minimum atomic E-state index is -4.77. The van der Waals surface area contributed by atoms with Crippen LogP contribution in [-0.2, 0) is 16.2 Å². The molecular weight excluding hydrogens is 307 g/mol. The Bertz CT molecular complexity index is 591. The normalized spacial score (nSPS) is 15.0. The third-order valence-electron chi connectivity index (χ3n) is 2.95. The molecule has 0 aromatic heterocycles. The molecule has 1 aromatic carbocycles. The minimum absolute atomic E-state index is 0.363. The fourth-order valence-electron chi connectivity index (χ4n) is 1.51. The quantitative estimate of drug-likeness (QED) is 0.893. The number of hydrogen-bond acceptors (Lipinski definition) is 3. The molecule has 1 atom stereocenters. The first-order chi connectivity index (χ1) is 9.36. The Hall–Kier alpha value is -1.12. The van der Waals surface area contributed by atoms with Gasteiger partial charge < -0.3 is 5.11 Å². The van der Waals surface area contributed by atoms with Gasteiger partial charge in [0.2, 0.25) is 10.0 Å². The number of rotatable bonds is 4. The van der Waals surface area contributed by atoms with Gasteiger partial charge in [0.1, 0.15) is 0 Å². The highest BCUT2D eigenvalue weighted by atomic mass is 32.2. The van der Waals surface area contributed by atoms with Crippen LogP contribution in [0.5, 0.6) is 0 Å². The first kappa shape index (κ1) is 17.9. The average molecular weight is 325 g/mol. The van der Waals surface area contributed by atoms with Gasteiger partial charge in [-0.15, -0.1) is 0 Å². The van der Waals surface area contributed by atoms with E-state index >= 15 is 0 Å². The van der Waals surface area contributed by atoms with Crippen molar-refractivity contribution in [3.8, 4) is 0 Å². The Balaban J connectivity index is 3.05. The molecule has 0 fully saturated rings. The van der Waals surface area contributed by atoms with Crippen molar-refractivity contribution in [3.63, 3.8) is 0 Å². The zero-order chi connectivity index (χ0) is 16.5. The van der Waals surface area contributed by atoms with E-state index in [1.165, 1.54) is 6.07 Å². The van der Waals surface area contributed by atoms with Crippen molar-refractivity contribution in [3.05, 3.63) is 29.8 Å². The van der Waals surface area contributed by atoms with Crippen LogP contribution < -0.4 is 4.72 Å². The molecule has 0 bridgehead atoms. The zero-order valence-electron chi connectivity index (χ0n) is 11.9. The summed E-state index contributed by atoms with van der Waals surface area (Å²) in [7, 11) is -4.36. The minimum Gasteiger partial charge on any atom is -0.391 e. The van der Waals surface area contributed by atoms with Crippen molar-refractivity contribution in [2.75, 3.05) is 6.54 Å². The lowest BCUT2D eigenvalue weighted by molar-refractivity contribution is -0.139. The van der Waals surface area contributed by atoms with Gasteiger partial charge in [0.05, 0.1) is 16.6 Å². The van der Waals surface area contributed by atoms with Gasteiger partial charge in [-0.25, -0.2) is 13.1 Å². The summed E-state index contributed by atoms with van der Waals surface area (Å²) in [6.07, 6.45) is -5.79. The predicted octanol–water partition coefficient (Wildman–Crippen LogP) is 2.39. The van der Waals surface area contributed by atoms with Gasteiger partial charge in [0.25, 0.3) is 0 Å².